The number of carbonyl (C=O) groups excluding carboxylic acids is 1. The van der Waals surface area contributed by atoms with Crippen molar-refractivity contribution in [3.05, 3.63) is 58.4 Å². The van der Waals surface area contributed by atoms with Gasteiger partial charge >= 0.3 is 0 Å². The van der Waals surface area contributed by atoms with Crippen LogP contribution in [0.2, 0.25) is 5.15 Å². The third kappa shape index (κ3) is 3.91. The molecule has 1 aromatic heterocycles. The molecule has 2 aromatic rings. The van der Waals surface area contributed by atoms with E-state index >= 15 is 0 Å². The Morgan fingerprint density at radius 1 is 1.38 bits per heavy atom. The maximum absolute atomic E-state index is 12.7. The molecule has 1 aromatic carbocycles. The maximum Gasteiger partial charge on any atom is 0.255 e. The van der Waals surface area contributed by atoms with E-state index < -0.39 is 0 Å². The number of aromatic nitrogens is 2. The number of nitrogens with zero attached hydrogens (tertiary/aromatic N) is 3. The monoisotopic (exact) mass is 345 g/mol. The minimum Gasteiger partial charge on any atom is -0.380 e. The molecule has 6 heteroatoms. The molecule has 1 saturated heterocycles. The number of ether oxygens (including phenoxy) is 1. The van der Waals surface area contributed by atoms with Gasteiger partial charge in [0.1, 0.15) is 0 Å². The summed E-state index contributed by atoms with van der Waals surface area (Å²) in [6.45, 7) is 2.09. The van der Waals surface area contributed by atoms with Gasteiger partial charge in [0.15, 0.2) is 5.15 Å². The number of benzene rings is 1. The lowest BCUT2D eigenvalue weighted by Gasteiger charge is -2.33. The first-order valence-corrected chi connectivity index (χ1v) is 8.40. The number of hydrogen-bond donors (Lipinski definition) is 0. The average molecular weight is 346 g/mol. The van der Waals surface area contributed by atoms with Gasteiger partial charge in [-0.2, -0.15) is 5.10 Å². The zero-order valence-corrected chi connectivity index (χ0v) is 14.4. The SMILES string of the molecule is COCc1ccc(C2CCCN(C(=O)c3cnnc(Cl)c3)C2)cc1. The quantitative estimate of drug-likeness (QED) is 0.853. The van der Waals surface area contributed by atoms with E-state index in [9.17, 15) is 4.79 Å². The third-order valence-electron chi connectivity index (χ3n) is 4.34. The Labute approximate surface area is 146 Å². The summed E-state index contributed by atoms with van der Waals surface area (Å²) < 4.78 is 5.15. The van der Waals surface area contributed by atoms with Crippen molar-refractivity contribution in [2.75, 3.05) is 20.2 Å². The number of likely N-dealkylation sites (tertiary alicyclic amines) is 1. The summed E-state index contributed by atoms with van der Waals surface area (Å²) in [5.41, 5.74) is 2.91. The summed E-state index contributed by atoms with van der Waals surface area (Å²) in [5, 5.41) is 7.69. The van der Waals surface area contributed by atoms with E-state index in [1.54, 1.807) is 13.2 Å². The van der Waals surface area contributed by atoms with Gasteiger partial charge in [0, 0.05) is 26.1 Å². The summed E-state index contributed by atoms with van der Waals surface area (Å²) in [6, 6.07) is 10.0. The Morgan fingerprint density at radius 3 is 2.88 bits per heavy atom. The minimum absolute atomic E-state index is 0.0347. The van der Waals surface area contributed by atoms with Gasteiger partial charge in [0.25, 0.3) is 5.91 Å². The van der Waals surface area contributed by atoms with E-state index in [1.807, 2.05) is 4.90 Å². The predicted octanol–water partition coefficient (Wildman–Crippen LogP) is 3.30. The number of methoxy groups -OCH3 is 1. The van der Waals surface area contributed by atoms with Crippen molar-refractivity contribution >= 4 is 17.5 Å². The van der Waals surface area contributed by atoms with Gasteiger partial charge in [-0.25, -0.2) is 0 Å². The van der Waals surface area contributed by atoms with Crippen LogP contribution in [0.3, 0.4) is 0 Å². The van der Waals surface area contributed by atoms with Gasteiger partial charge in [-0.05, 0) is 30.0 Å². The largest absolute Gasteiger partial charge is 0.380 e. The van der Waals surface area contributed by atoms with Gasteiger partial charge in [0.2, 0.25) is 0 Å². The Bertz CT molecular complexity index is 706. The molecule has 1 aliphatic rings. The second-order valence-corrected chi connectivity index (χ2v) is 6.42. The van der Waals surface area contributed by atoms with Crippen LogP contribution in [-0.2, 0) is 11.3 Å². The second kappa shape index (κ2) is 7.73. The van der Waals surface area contributed by atoms with Gasteiger partial charge in [-0.1, -0.05) is 35.9 Å². The number of hydrogen-bond acceptors (Lipinski definition) is 4. The molecular formula is C18H20ClN3O2. The zero-order chi connectivity index (χ0) is 16.9. The fourth-order valence-electron chi connectivity index (χ4n) is 3.13. The van der Waals surface area contributed by atoms with Gasteiger partial charge in [-0.3, -0.25) is 4.79 Å². The van der Waals surface area contributed by atoms with E-state index in [2.05, 4.69) is 34.5 Å². The van der Waals surface area contributed by atoms with Gasteiger partial charge < -0.3 is 9.64 Å². The lowest BCUT2D eigenvalue weighted by atomic mass is 9.90. The number of rotatable bonds is 4. The average Bonchev–Trinajstić information content (AvgIpc) is 2.62. The standard InChI is InChI=1S/C18H20ClN3O2/c1-24-12-13-4-6-14(7-5-13)15-3-2-8-22(11-15)18(23)16-9-17(19)21-20-10-16/h4-7,9-10,15H,2-3,8,11-12H2,1H3. The molecule has 2 heterocycles. The predicted molar refractivity (Wildman–Crippen MR) is 92.1 cm³/mol. The molecule has 1 atom stereocenters. The second-order valence-electron chi connectivity index (χ2n) is 6.03. The highest BCUT2D eigenvalue weighted by atomic mass is 35.5. The molecule has 24 heavy (non-hydrogen) atoms. The summed E-state index contributed by atoms with van der Waals surface area (Å²) in [6.07, 6.45) is 3.54. The van der Waals surface area contributed by atoms with Crippen LogP contribution in [0.5, 0.6) is 0 Å². The number of halogens is 1. The molecule has 1 fully saturated rings. The van der Waals surface area contributed by atoms with Crippen molar-refractivity contribution in [2.45, 2.75) is 25.4 Å². The van der Waals surface area contributed by atoms with Crippen molar-refractivity contribution in [3.8, 4) is 0 Å². The molecule has 0 saturated carbocycles. The van der Waals surface area contributed by atoms with Crippen molar-refractivity contribution < 1.29 is 9.53 Å². The molecule has 3 rings (SSSR count). The molecule has 126 valence electrons. The van der Waals surface area contributed by atoms with Crippen LogP contribution in [0.1, 0.15) is 40.2 Å². The molecule has 0 spiro atoms. The molecule has 0 radical (unpaired) electrons. The first kappa shape index (κ1) is 16.9. The number of amides is 1. The zero-order valence-electron chi connectivity index (χ0n) is 13.6. The fraction of sp³-hybridized carbons (Fsp3) is 0.389. The normalized spacial score (nSPS) is 17.8. The van der Waals surface area contributed by atoms with Crippen molar-refractivity contribution in [1.29, 1.82) is 0 Å². The maximum atomic E-state index is 12.7. The van der Waals surface area contributed by atoms with E-state index in [4.69, 9.17) is 16.3 Å². The minimum atomic E-state index is -0.0347. The fourth-order valence-corrected chi connectivity index (χ4v) is 3.29. The summed E-state index contributed by atoms with van der Waals surface area (Å²) in [5.74, 6) is 0.317. The van der Waals surface area contributed by atoms with Crippen molar-refractivity contribution in [2.24, 2.45) is 0 Å². The van der Waals surface area contributed by atoms with E-state index in [-0.39, 0.29) is 11.1 Å². The van der Waals surface area contributed by atoms with Gasteiger partial charge in [0.05, 0.1) is 18.4 Å². The molecular weight excluding hydrogens is 326 g/mol. The Kier molecular flexibility index (Phi) is 5.43. The molecule has 5 nitrogen and oxygen atoms in total. The Morgan fingerprint density at radius 2 is 2.17 bits per heavy atom. The first-order valence-electron chi connectivity index (χ1n) is 8.02. The van der Waals surface area contributed by atoms with E-state index in [1.165, 1.54) is 11.8 Å². The molecule has 1 unspecified atom stereocenters. The topological polar surface area (TPSA) is 55.3 Å². The van der Waals surface area contributed by atoms with Crippen molar-refractivity contribution in [1.82, 2.24) is 15.1 Å². The summed E-state index contributed by atoms with van der Waals surface area (Å²) in [4.78, 5) is 14.5. The number of carbonyl (C=O) groups is 1. The smallest absolute Gasteiger partial charge is 0.255 e. The van der Waals surface area contributed by atoms with Crippen LogP contribution >= 0.6 is 11.6 Å². The molecule has 0 N–H and O–H groups in total. The van der Waals surface area contributed by atoms with Crippen LogP contribution in [0, 0.1) is 0 Å². The lowest BCUT2D eigenvalue weighted by Crippen LogP contribution is -2.39. The number of piperidine rings is 1. The van der Waals surface area contributed by atoms with Crippen molar-refractivity contribution in [3.63, 3.8) is 0 Å². The Hall–Kier alpha value is -1.98. The molecule has 1 aliphatic heterocycles. The highest BCUT2D eigenvalue weighted by molar-refractivity contribution is 6.29. The highest BCUT2D eigenvalue weighted by Crippen LogP contribution is 2.28. The lowest BCUT2D eigenvalue weighted by molar-refractivity contribution is 0.0706. The molecule has 0 aliphatic carbocycles. The van der Waals surface area contributed by atoms with Crippen LogP contribution in [0.4, 0.5) is 0 Å². The van der Waals surface area contributed by atoms with Crippen LogP contribution in [0.25, 0.3) is 0 Å². The first-order chi connectivity index (χ1) is 11.7. The van der Waals surface area contributed by atoms with E-state index in [0.29, 0.717) is 24.6 Å². The van der Waals surface area contributed by atoms with Crippen LogP contribution < -0.4 is 0 Å². The van der Waals surface area contributed by atoms with Gasteiger partial charge in [-0.15, -0.1) is 5.10 Å². The van der Waals surface area contributed by atoms with Crippen LogP contribution in [0.15, 0.2) is 36.5 Å². The third-order valence-corrected chi connectivity index (χ3v) is 4.53. The summed E-state index contributed by atoms with van der Waals surface area (Å²) in [7, 11) is 1.69. The molecule has 0 bridgehead atoms. The van der Waals surface area contributed by atoms with Crippen LogP contribution in [-0.4, -0.2) is 41.2 Å². The molecule has 1 amide bonds. The highest BCUT2D eigenvalue weighted by Gasteiger charge is 2.25. The Balaban J connectivity index is 1.70. The van der Waals surface area contributed by atoms with E-state index in [0.717, 1.165) is 24.9 Å². The summed E-state index contributed by atoms with van der Waals surface area (Å²) >= 11 is 5.84.